The van der Waals surface area contributed by atoms with Crippen LogP contribution < -0.4 is 0 Å². The summed E-state index contributed by atoms with van der Waals surface area (Å²) in [6.07, 6.45) is 7.20. The molecule has 0 atom stereocenters. The highest BCUT2D eigenvalue weighted by atomic mass is 16.5. The van der Waals surface area contributed by atoms with E-state index in [4.69, 9.17) is 9.73 Å². The Morgan fingerprint density at radius 2 is 1.92 bits per heavy atom. The van der Waals surface area contributed by atoms with E-state index < -0.39 is 5.54 Å². The van der Waals surface area contributed by atoms with Gasteiger partial charge in [-0.25, -0.2) is 0 Å². The number of nitrogens with zero attached hydrogens (tertiary/aromatic N) is 3. The molecule has 0 N–H and O–H groups in total. The van der Waals surface area contributed by atoms with Crippen LogP contribution in [0.5, 0.6) is 0 Å². The first-order valence-electron chi connectivity index (χ1n) is 9.81. The summed E-state index contributed by atoms with van der Waals surface area (Å²) in [4.78, 5) is 22.7. The minimum atomic E-state index is -0.463. The zero-order valence-electron chi connectivity index (χ0n) is 15.6. The molecule has 1 amide bonds. The number of hydrogen-bond donors (Lipinski definition) is 0. The maximum atomic E-state index is 13.2. The second-order valence-electron chi connectivity index (χ2n) is 7.81. The number of amidine groups is 1. The first-order chi connectivity index (χ1) is 11.6. The van der Waals surface area contributed by atoms with Crippen LogP contribution in [0.15, 0.2) is 4.99 Å². The molecule has 2 fully saturated rings. The zero-order chi connectivity index (χ0) is 17.2. The van der Waals surface area contributed by atoms with Gasteiger partial charge in [0.1, 0.15) is 11.4 Å². The van der Waals surface area contributed by atoms with E-state index in [1.807, 2.05) is 4.90 Å². The lowest BCUT2D eigenvalue weighted by atomic mass is 9.86. The van der Waals surface area contributed by atoms with Crippen LogP contribution in [0.1, 0.15) is 65.7 Å². The zero-order valence-corrected chi connectivity index (χ0v) is 15.6. The van der Waals surface area contributed by atoms with Gasteiger partial charge < -0.3 is 9.64 Å². The molecule has 0 aromatic heterocycles. The van der Waals surface area contributed by atoms with E-state index in [1.165, 1.54) is 0 Å². The van der Waals surface area contributed by atoms with Crippen LogP contribution in [-0.4, -0.2) is 65.5 Å². The van der Waals surface area contributed by atoms with E-state index in [2.05, 4.69) is 25.7 Å². The van der Waals surface area contributed by atoms with Gasteiger partial charge in [0.25, 0.3) is 5.91 Å². The fourth-order valence-electron chi connectivity index (χ4n) is 4.37. The second kappa shape index (κ2) is 7.52. The summed E-state index contributed by atoms with van der Waals surface area (Å²) in [7, 11) is 0. The predicted molar refractivity (Wildman–Crippen MR) is 96.3 cm³/mol. The van der Waals surface area contributed by atoms with Crippen molar-refractivity contribution in [2.75, 3.05) is 26.3 Å². The number of likely N-dealkylation sites (tertiary alicyclic amines) is 1. The number of amides is 1. The molecule has 24 heavy (non-hydrogen) atoms. The van der Waals surface area contributed by atoms with Gasteiger partial charge in [-0.05, 0) is 46.0 Å². The molecule has 0 aliphatic carbocycles. The van der Waals surface area contributed by atoms with Crippen LogP contribution >= 0.6 is 0 Å². The average Bonchev–Trinajstić information content (AvgIpc) is 2.86. The molecule has 2 saturated heterocycles. The molecule has 3 rings (SSSR count). The van der Waals surface area contributed by atoms with Gasteiger partial charge in [0.2, 0.25) is 0 Å². The van der Waals surface area contributed by atoms with Crippen molar-refractivity contribution < 1.29 is 9.53 Å². The largest absolute Gasteiger partial charge is 0.381 e. The molecule has 5 heteroatoms. The molecule has 0 unspecified atom stereocenters. The highest BCUT2D eigenvalue weighted by Gasteiger charge is 2.50. The number of unbranched alkanes of at least 4 members (excludes halogenated alkanes) is 1. The SMILES string of the molecule is CCCCC1=NC2(CCN(C3CCOCC3)CC2)C(=O)N1C(C)C. The summed E-state index contributed by atoms with van der Waals surface area (Å²) in [5.74, 6) is 1.30. The summed E-state index contributed by atoms with van der Waals surface area (Å²) < 4.78 is 5.48. The lowest BCUT2D eigenvalue weighted by molar-refractivity contribution is -0.134. The van der Waals surface area contributed by atoms with Crippen LogP contribution in [0.2, 0.25) is 0 Å². The number of hydrogen-bond acceptors (Lipinski definition) is 4. The van der Waals surface area contributed by atoms with Crippen LogP contribution in [0.4, 0.5) is 0 Å². The molecule has 0 radical (unpaired) electrons. The molecule has 5 nitrogen and oxygen atoms in total. The normalized spacial score (nSPS) is 25.8. The fourth-order valence-corrected chi connectivity index (χ4v) is 4.37. The summed E-state index contributed by atoms with van der Waals surface area (Å²) in [6.45, 7) is 10.2. The third-order valence-corrected chi connectivity index (χ3v) is 5.84. The molecule has 0 bridgehead atoms. The van der Waals surface area contributed by atoms with E-state index >= 15 is 0 Å². The number of ether oxygens (including phenoxy) is 1. The molecule has 0 aromatic carbocycles. The molecule has 3 heterocycles. The summed E-state index contributed by atoms with van der Waals surface area (Å²) in [5, 5.41) is 0. The molecule has 3 aliphatic heterocycles. The summed E-state index contributed by atoms with van der Waals surface area (Å²) in [6, 6.07) is 0.846. The highest BCUT2D eigenvalue weighted by Crippen LogP contribution is 2.36. The van der Waals surface area contributed by atoms with E-state index in [-0.39, 0.29) is 11.9 Å². The average molecular weight is 335 g/mol. The highest BCUT2D eigenvalue weighted by molar-refractivity contribution is 6.08. The van der Waals surface area contributed by atoms with Gasteiger partial charge in [0.15, 0.2) is 0 Å². The number of rotatable bonds is 5. The summed E-state index contributed by atoms with van der Waals surface area (Å²) >= 11 is 0. The molecular formula is C19H33N3O2. The van der Waals surface area contributed by atoms with Crippen molar-refractivity contribution in [1.29, 1.82) is 0 Å². The van der Waals surface area contributed by atoms with Crippen LogP contribution in [-0.2, 0) is 9.53 Å². The Morgan fingerprint density at radius 3 is 2.50 bits per heavy atom. The van der Waals surface area contributed by atoms with Gasteiger partial charge in [-0.1, -0.05) is 13.3 Å². The number of carbonyl (C=O) groups is 1. The second-order valence-corrected chi connectivity index (χ2v) is 7.81. The smallest absolute Gasteiger partial charge is 0.256 e. The van der Waals surface area contributed by atoms with Crippen LogP contribution in [0.3, 0.4) is 0 Å². The number of aliphatic imine (C=N–C) groups is 1. The van der Waals surface area contributed by atoms with Gasteiger partial charge in [0, 0.05) is 44.8 Å². The van der Waals surface area contributed by atoms with Crippen LogP contribution in [0.25, 0.3) is 0 Å². The Hall–Kier alpha value is -0.940. The topological polar surface area (TPSA) is 45.1 Å². The Kier molecular flexibility index (Phi) is 5.60. The Labute approximate surface area is 146 Å². The Balaban J connectivity index is 1.69. The molecule has 0 saturated carbocycles. The van der Waals surface area contributed by atoms with Gasteiger partial charge in [-0.15, -0.1) is 0 Å². The van der Waals surface area contributed by atoms with Crippen molar-refractivity contribution in [3.63, 3.8) is 0 Å². The van der Waals surface area contributed by atoms with E-state index in [0.717, 1.165) is 77.1 Å². The number of carbonyl (C=O) groups excluding carboxylic acids is 1. The first-order valence-corrected chi connectivity index (χ1v) is 9.81. The van der Waals surface area contributed by atoms with E-state index in [1.54, 1.807) is 0 Å². The lowest BCUT2D eigenvalue weighted by Gasteiger charge is -2.41. The molecule has 3 aliphatic rings. The van der Waals surface area contributed by atoms with E-state index in [9.17, 15) is 4.79 Å². The standard InChI is InChI=1S/C19H33N3O2/c1-4-5-6-17-20-19(18(23)22(17)15(2)3)9-11-21(12-10-19)16-7-13-24-14-8-16/h15-16H,4-14H2,1-3H3. The quantitative estimate of drug-likeness (QED) is 0.776. The minimum Gasteiger partial charge on any atom is -0.381 e. The number of piperidine rings is 1. The fraction of sp³-hybridized carbons (Fsp3) is 0.895. The van der Waals surface area contributed by atoms with E-state index in [0.29, 0.717) is 6.04 Å². The van der Waals surface area contributed by atoms with Crippen molar-refractivity contribution >= 4 is 11.7 Å². The Morgan fingerprint density at radius 1 is 1.25 bits per heavy atom. The van der Waals surface area contributed by atoms with Crippen molar-refractivity contribution in [1.82, 2.24) is 9.80 Å². The summed E-state index contributed by atoms with van der Waals surface area (Å²) in [5.41, 5.74) is -0.463. The molecule has 1 spiro atoms. The third kappa shape index (κ3) is 3.38. The maximum Gasteiger partial charge on any atom is 0.256 e. The maximum absolute atomic E-state index is 13.2. The molecular weight excluding hydrogens is 302 g/mol. The first kappa shape index (κ1) is 17.9. The molecule has 0 aromatic rings. The van der Waals surface area contributed by atoms with Crippen molar-refractivity contribution in [3.05, 3.63) is 0 Å². The minimum absolute atomic E-state index is 0.209. The Bertz CT molecular complexity index is 475. The monoisotopic (exact) mass is 335 g/mol. The lowest BCUT2D eigenvalue weighted by Crippen LogP contribution is -2.53. The van der Waals surface area contributed by atoms with Crippen molar-refractivity contribution in [3.8, 4) is 0 Å². The van der Waals surface area contributed by atoms with Crippen molar-refractivity contribution in [2.24, 2.45) is 4.99 Å². The van der Waals surface area contributed by atoms with Gasteiger partial charge in [-0.3, -0.25) is 14.7 Å². The van der Waals surface area contributed by atoms with Gasteiger partial charge >= 0.3 is 0 Å². The third-order valence-electron chi connectivity index (χ3n) is 5.84. The predicted octanol–water partition coefficient (Wildman–Crippen LogP) is 2.84. The van der Waals surface area contributed by atoms with Gasteiger partial charge in [-0.2, -0.15) is 0 Å². The van der Waals surface area contributed by atoms with Crippen LogP contribution in [0, 0.1) is 0 Å². The van der Waals surface area contributed by atoms with Crippen molar-refractivity contribution in [2.45, 2.75) is 83.3 Å². The van der Waals surface area contributed by atoms with Gasteiger partial charge in [0.05, 0.1) is 0 Å². The molecule has 136 valence electrons.